The molecule has 23 nitrogen and oxygen atoms in total. The highest BCUT2D eigenvalue weighted by Gasteiger charge is 2.42. The highest BCUT2D eigenvalue weighted by molar-refractivity contribution is 7.98. The van der Waals surface area contributed by atoms with Crippen molar-refractivity contribution in [2.24, 2.45) is 33.8 Å². The lowest BCUT2D eigenvalue weighted by Gasteiger charge is -2.32. The van der Waals surface area contributed by atoms with Gasteiger partial charge in [-0.25, -0.2) is 4.79 Å². The van der Waals surface area contributed by atoms with Gasteiger partial charge in [0.25, 0.3) is 0 Å². The second-order valence-corrected chi connectivity index (χ2v) is 19.9. The van der Waals surface area contributed by atoms with E-state index in [4.69, 9.17) is 22.9 Å². The largest absolute Gasteiger partial charge is 0.480 e. The summed E-state index contributed by atoms with van der Waals surface area (Å²) in [6.45, 7) is 7.50. The van der Waals surface area contributed by atoms with E-state index < -0.39 is 108 Å². The summed E-state index contributed by atoms with van der Waals surface area (Å²) in [5.74, 6) is -5.80. The summed E-state index contributed by atoms with van der Waals surface area (Å²) in [4.78, 5) is 129. The Labute approximate surface area is 426 Å². The Hall–Kier alpha value is -6.01. The third-order valence-electron chi connectivity index (χ3n) is 12.4. The van der Waals surface area contributed by atoms with Gasteiger partial charge in [0.05, 0.1) is 6.04 Å². The van der Waals surface area contributed by atoms with Crippen LogP contribution in [0.4, 0.5) is 0 Å². The number of thioether (sulfide) groups is 1. The van der Waals surface area contributed by atoms with Gasteiger partial charge in [-0.15, -0.1) is 0 Å². The Kier molecular flexibility index (Phi) is 25.8. The topological polar surface area (TPSA) is 369 Å². The Balaban J connectivity index is 1.76. The molecule has 2 aliphatic heterocycles. The number of carbonyl (C=O) groups excluding carboxylic acids is 8. The van der Waals surface area contributed by atoms with Crippen LogP contribution in [0.1, 0.15) is 104 Å². The molecule has 24 heteroatoms. The summed E-state index contributed by atoms with van der Waals surface area (Å²) < 4.78 is 0. The normalized spacial score (nSPS) is 18.3. The fourth-order valence-electron chi connectivity index (χ4n) is 8.56. The van der Waals surface area contributed by atoms with E-state index in [2.05, 4.69) is 36.9 Å². The van der Waals surface area contributed by atoms with Crippen LogP contribution in [-0.2, 0) is 49.6 Å². The molecule has 2 heterocycles. The van der Waals surface area contributed by atoms with E-state index in [9.17, 15) is 48.3 Å². The third-order valence-corrected chi connectivity index (χ3v) is 13.1. The highest BCUT2D eigenvalue weighted by Crippen LogP contribution is 2.24. The van der Waals surface area contributed by atoms with Crippen molar-refractivity contribution in [2.75, 3.05) is 38.2 Å². The number of hydrogen-bond acceptors (Lipinski definition) is 13. The smallest absolute Gasteiger partial charge is 0.326 e. The Bertz CT molecular complexity index is 2030. The van der Waals surface area contributed by atoms with Crippen molar-refractivity contribution in [3.8, 4) is 0 Å². The predicted octanol–water partition coefficient (Wildman–Crippen LogP) is -1.45. The van der Waals surface area contributed by atoms with E-state index in [-0.39, 0.29) is 76.5 Å². The van der Waals surface area contributed by atoms with Crippen LogP contribution in [0.2, 0.25) is 0 Å². The lowest BCUT2D eigenvalue weighted by molar-refractivity contribution is -0.145. The molecule has 0 bridgehead atoms. The van der Waals surface area contributed by atoms with Crippen molar-refractivity contribution in [3.63, 3.8) is 0 Å². The van der Waals surface area contributed by atoms with E-state index in [0.29, 0.717) is 44.4 Å². The first-order valence-electron chi connectivity index (χ1n) is 24.9. The molecule has 0 aliphatic carbocycles. The number of carbonyl (C=O) groups is 9. The fraction of sp³-hybridized carbons (Fsp3) is 0.667. The van der Waals surface area contributed by atoms with Crippen molar-refractivity contribution < 1.29 is 48.3 Å². The molecule has 402 valence electrons. The minimum absolute atomic E-state index is 0.0232. The van der Waals surface area contributed by atoms with Crippen molar-refractivity contribution in [2.45, 2.75) is 159 Å². The number of benzene rings is 1. The number of unbranched alkanes of at least 4 members (excludes halogenated alkanes) is 1. The van der Waals surface area contributed by atoms with E-state index in [1.54, 1.807) is 0 Å². The van der Waals surface area contributed by atoms with Crippen LogP contribution in [0, 0.1) is 5.92 Å². The lowest BCUT2D eigenvalue weighted by Crippen LogP contribution is -2.60. The van der Waals surface area contributed by atoms with Gasteiger partial charge in [-0.2, -0.15) is 11.8 Å². The number of nitrogens with one attached hydrogen (secondary N) is 6. The number of rotatable bonds is 30. The molecule has 1 aromatic carbocycles. The number of amides is 8. The maximum Gasteiger partial charge on any atom is 0.326 e. The number of aliphatic imine (C=N–C) groups is 1. The van der Waals surface area contributed by atoms with Gasteiger partial charge in [0.1, 0.15) is 48.3 Å². The predicted molar refractivity (Wildman–Crippen MR) is 273 cm³/mol. The van der Waals surface area contributed by atoms with Crippen LogP contribution < -0.4 is 54.8 Å². The molecule has 3 rings (SSSR count). The summed E-state index contributed by atoms with van der Waals surface area (Å²) in [5.41, 5.74) is 23.0. The van der Waals surface area contributed by atoms with Gasteiger partial charge in [0.2, 0.25) is 47.3 Å². The van der Waals surface area contributed by atoms with Gasteiger partial charge in [0, 0.05) is 26.1 Å². The number of aliphatic carboxylic acids is 1. The Morgan fingerprint density at radius 1 is 0.681 bits per heavy atom. The molecule has 0 aromatic heterocycles. The van der Waals surface area contributed by atoms with E-state index in [1.165, 1.54) is 35.4 Å². The van der Waals surface area contributed by atoms with E-state index in [1.807, 2.05) is 50.4 Å². The maximum atomic E-state index is 14.5. The minimum Gasteiger partial charge on any atom is -0.480 e. The SMILES string of the molecule is CSCC[C@H](NC(=O)[C@@H]1CCCN1C(=O)[C@H](CCCCN)NC(=O)[C@H](Cc1ccccc1)NC(=O)[C@H](C)N)C(=O)N1CCC[C@H]1C(=O)N[C@@H](CC(C)C)C(=O)N[C@H](C)C(=O)N[C@@H](CCCN=C(N)N)C(=O)O. The first-order valence-corrected chi connectivity index (χ1v) is 26.3. The molecule has 0 radical (unpaired) electrons. The zero-order valence-electron chi connectivity index (χ0n) is 42.4. The standard InChI is InChI=1S/C48H79N13O10S/c1-28(2)26-35(41(64)54-30(4)40(63)57-34(47(70)71)17-11-22-53-48(51)52)59-44(67)38-19-13-24-61(38)46(69)33(20-25-72-5)56-43(66)37-18-12-23-60(37)45(68)32(16-9-10-21-49)55-42(65)36(58-39(62)29(3)50)27-31-14-7-6-8-15-31/h6-8,14-15,28-30,32-38H,9-13,16-27,49-50H2,1-5H3,(H,54,64)(H,55,65)(H,56,66)(H,57,63)(H,58,62)(H,59,67)(H,70,71)(H4,51,52,53)/t29-,30+,32-,33-,34-,35-,36-,37-,38-/m0/s1. The summed E-state index contributed by atoms with van der Waals surface area (Å²) >= 11 is 1.46. The molecule has 9 atom stereocenters. The Morgan fingerprint density at radius 2 is 1.21 bits per heavy atom. The molecule has 2 fully saturated rings. The number of nitrogens with two attached hydrogens (primary N) is 4. The second-order valence-electron chi connectivity index (χ2n) is 18.9. The van der Waals surface area contributed by atoms with Gasteiger partial charge in [-0.3, -0.25) is 43.3 Å². The fourth-order valence-corrected chi connectivity index (χ4v) is 9.03. The zero-order valence-corrected chi connectivity index (χ0v) is 43.2. The van der Waals surface area contributed by atoms with Crippen LogP contribution in [0.15, 0.2) is 35.3 Å². The number of carboxylic acid groups (broad SMARTS) is 1. The number of likely N-dealkylation sites (tertiary alicyclic amines) is 2. The zero-order chi connectivity index (χ0) is 53.5. The third kappa shape index (κ3) is 19.5. The average molecular weight is 1030 g/mol. The van der Waals surface area contributed by atoms with Crippen LogP contribution in [0.5, 0.6) is 0 Å². The molecular formula is C48H79N13O10S. The van der Waals surface area contributed by atoms with Crippen LogP contribution in [-0.4, -0.2) is 167 Å². The van der Waals surface area contributed by atoms with Gasteiger partial charge in [0.15, 0.2) is 5.96 Å². The van der Waals surface area contributed by atoms with E-state index >= 15 is 0 Å². The summed E-state index contributed by atoms with van der Waals surface area (Å²) in [5, 5.41) is 25.9. The molecule has 15 N–H and O–H groups in total. The molecular weight excluding hydrogens is 951 g/mol. The van der Waals surface area contributed by atoms with Crippen LogP contribution in [0.25, 0.3) is 0 Å². The van der Waals surface area contributed by atoms with Gasteiger partial charge in [-0.1, -0.05) is 44.2 Å². The Morgan fingerprint density at radius 3 is 1.74 bits per heavy atom. The van der Waals surface area contributed by atoms with Crippen molar-refractivity contribution in [1.82, 2.24) is 41.7 Å². The number of guanidine groups is 1. The van der Waals surface area contributed by atoms with Crippen molar-refractivity contribution in [1.29, 1.82) is 0 Å². The highest BCUT2D eigenvalue weighted by atomic mass is 32.2. The molecule has 0 saturated carbocycles. The quantitative estimate of drug-likeness (QED) is 0.0239. The van der Waals surface area contributed by atoms with Crippen molar-refractivity contribution >= 4 is 70.9 Å². The van der Waals surface area contributed by atoms with Gasteiger partial charge >= 0.3 is 5.97 Å². The van der Waals surface area contributed by atoms with Gasteiger partial charge in [-0.05, 0) is 115 Å². The molecule has 2 saturated heterocycles. The molecule has 2 aliphatic rings. The van der Waals surface area contributed by atoms with E-state index in [0.717, 1.165) is 5.56 Å². The molecule has 72 heavy (non-hydrogen) atoms. The average Bonchev–Trinajstić information content (AvgIpc) is 4.04. The van der Waals surface area contributed by atoms with Crippen molar-refractivity contribution in [3.05, 3.63) is 35.9 Å². The molecule has 0 unspecified atom stereocenters. The molecule has 0 spiro atoms. The summed E-state index contributed by atoms with van der Waals surface area (Å²) in [6.07, 6.45) is 5.43. The monoisotopic (exact) mass is 1030 g/mol. The summed E-state index contributed by atoms with van der Waals surface area (Å²) in [7, 11) is 0. The maximum absolute atomic E-state index is 14.5. The van der Waals surface area contributed by atoms with Gasteiger partial charge < -0.3 is 69.7 Å². The number of carboxylic acids is 1. The molecule has 1 aromatic rings. The molecule has 8 amide bonds. The first-order chi connectivity index (χ1) is 34.2. The van der Waals surface area contributed by atoms with Crippen LogP contribution >= 0.6 is 11.8 Å². The second kappa shape index (κ2) is 30.8. The van der Waals surface area contributed by atoms with Crippen LogP contribution in [0.3, 0.4) is 0 Å². The lowest BCUT2D eigenvalue weighted by atomic mass is 10.0. The summed E-state index contributed by atoms with van der Waals surface area (Å²) in [6, 6.07) is -0.569. The first kappa shape index (κ1) is 60.3. The minimum atomic E-state index is -1.28. The number of hydrogen-bond donors (Lipinski definition) is 11. The number of nitrogens with zero attached hydrogens (tertiary/aromatic N) is 3.